The van der Waals surface area contributed by atoms with Crippen molar-refractivity contribution in [1.82, 2.24) is 0 Å². The molecule has 0 aliphatic carbocycles. The number of benzene rings is 2. The molecule has 0 heterocycles. The van der Waals surface area contributed by atoms with Crippen molar-refractivity contribution < 1.29 is 22.0 Å². The lowest BCUT2D eigenvalue weighted by atomic mass is 10.0. The van der Waals surface area contributed by atoms with Gasteiger partial charge in [0, 0.05) is 47.4 Å². The molecule has 0 bridgehead atoms. The van der Waals surface area contributed by atoms with Gasteiger partial charge in [0.25, 0.3) is 0 Å². The van der Waals surface area contributed by atoms with Crippen molar-refractivity contribution in [1.29, 1.82) is 0 Å². The van der Waals surface area contributed by atoms with E-state index in [-0.39, 0.29) is 12.1 Å². The molecule has 3 nitrogen and oxygen atoms in total. The average molecular weight is 369 g/mol. The Bertz CT molecular complexity index is 802. The molecular formula is C18H16F5N3. The van der Waals surface area contributed by atoms with Crippen LogP contribution in [0, 0.1) is 17.5 Å². The molecule has 0 saturated heterocycles. The second-order valence-electron chi connectivity index (χ2n) is 5.43. The minimum Gasteiger partial charge on any atom is -0.402 e. The number of hydrogen-bond acceptors (Lipinski definition) is 3. The van der Waals surface area contributed by atoms with Gasteiger partial charge in [0.2, 0.25) is 0 Å². The molecule has 2 aromatic rings. The molecule has 0 fully saturated rings. The van der Waals surface area contributed by atoms with Gasteiger partial charge in [0.05, 0.1) is 0 Å². The predicted molar refractivity (Wildman–Crippen MR) is 91.4 cm³/mol. The van der Waals surface area contributed by atoms with Crippen molar-refractivity contribution in [3.63, 3.8) is 0 Å². The van der Waals surface area contributed by atoms with E-state index in [0.29, 0.717) is 34.7 Å². The van der Waals surface area contributed by atoms with Crippen LogP contribution < -0.4 is 11.1 Å². The SMILES string of the molecule is C/C(N)=C(/C=N/C(F)F)c1ccc(NCc2c(F)cc(F)cc2F)cc1. The number of nitrogens with two attached hydrogens (primary N) is 1. The first kappa shape index (κ1) is 19.4. The molecule has 0 amide bonds. The summed E-state index contributed by atoms with van der Waals surface area (Å²) in [4.78, 5) is 3.02. The highest BCUT2D eigenvalue weighted by Crippen LogP contribution is 2.20. The van der Waals surface area contributed by atoms with Gasteiger partial charge in [-0.05, 0) is 24.6 Å². The van der Waals surface area contributed by atoms with Crippen LogP contribution in [-0.2, 0) is 6.54 Å². The fourth-order valence-electron chi connectivity index (χ4n) is 2.23. The molecule has 2 aromatic carbocycles. The van der Waals surface area contributed by atoms with Crippen molar-refractivity contribution in [3.05, 3.63) is 70.7 Å². The van der Waals surface area contributed by atoms with E-state index in [0.717, 1.165) is 6.21 Å². The van der Waals surface area contributed by atoms with Crippen molar-refractivity contribution >= 4 is 17.5 Å². The largest absolute Gasteiger partial charge is 0.402 e. The number of halogens is 5. The molecule has 2 rings (SSSR count). The van der Waals surface area contributed by atoms with E-state index in [1.54, 1.807) is 31.2 Å². The van der Waals surface area contributed by atoms with Crippen molar-refractivity contribution in [2.45, 2.75) is 20.0 Å². The van der Waals surface area contributed by atoms with Crippen molar-refractivity contribution in [3.8, 4) is 0 Å². The van der Waals surface area contributed by atoms with E-state index < -0.39 is 24.0 Å². The van der Waals surface area contributed by atoms with Gasteiger partial charge in [0.15, 0.2) is 0 Å². The third-order valence-electron chi connectivity index (χ3n) is 3.51. The maximum absolute atomic E-state index is 13.6. The quantitative estimate of drug-likeness (QED) is 0.441. The minimum atomic E-state index is -2.84. The Hall–Kier alpha value is -2.90. The van der Waals surface area contributed by atoms with Crippen LogP contribution in [0.5, 0.6) is 0 Å². The molecule has 0 radical (unpaired) electrons. The highest BCUT2D eigenvalue weighted by molar-refractivity contribution is 6.10. The minimum absolute atomic E-state index is 0.192. The van der Waals surface area contributed by atoms with E-state index in [4.69, 9.17) is 5.73 Å². The summed E-state index contributed by atoms with van der Waals surface area (Å²) in [6.45, 7) is -1.48. The predicted octanol–water partition coefficient (Wildman–Crippen LogP) is 4.70. The van der Waals surface area contributed by atoms with Crippen molar-refractivity contribution in [2.75, 3.05) is 5.32 Å². The maximum atomic E-state index is 13.6. The molecule has 3 N–H and O–H groups in total. The molecule has 0 aliphatic heterocycles. The summed E-state index contributed by atoms with van der Waals surface area (Å²) in [5.74, 6) is -2.97. The third kappa shape index (κ3) is 5.05. The summed E-state index contributed by atoms with van der Waals surface area (Å²) in [5.41, 5.74) is 7.12. The number of alkyl halides is 2. The van der Waals surface area contributed by atoms with E-state index in [1.807, 2.05) is 0 Å². The molecule has 0 unspecified atom stereocenters. The van der Waals surface area contributed by atoms with Crippen LogP contribution in [0.15, 0.2) is 47.1 Å². The molecule has 0 aromatic heterocycles. The summed E-state index contributed by atoms with van der Waals surface area (Å²) in [6, 6.07) is 7.59. The van der Waals surface area contributed by atoms with Gasteiger partial charge in [-0.3, -0.25) is 0 Å². The van der Waals surface area contributed by atoms with E-state index in [1.165, 1.54) is 0 Å². The van der Waals surface area contributed by atoms with E-state index in [2.05, 4.69) is 10.3 Å². The van der Waals surface area contributed by atoms with Crippen LogP contribution in [0.4, 0.5) is 27.6 Å². The lowest BCUT2D eigenvalue weighted by Gasteiger charge is -2.10. The zero-order chi connectivity index (χ0) is 19.3. The summed E-state index contributed by atoms with van der Waals surface area (Å²) < 4.78 is 64.6. The van der Waals surface area contributed by atoms with Crippen LogP contribution in [-0.4, -0.2) is 12.8 Å². The second kappa shape index (κ2) is 8.46. The zero-order valence-corrected chi connectivity index (χ0v) is 13.7. The maximum Gasteiger partial charge on any atom is 0.331 e. The van der Waals surface area contributed by atoms with Gasteiger partial charge in [-0.2, -0.15) is 8.78 Å². The first-order chi connectivity index (χ1) is 12.3. The lowest BCUT2D eigenvalue weighted by molar-refractivity contribution is 0.161. The molecule has 138 valence electrons. The number of allylic oxidation sites excluding steroid dienone is 2. The van der Waals surface area contributed by atoms with Crippen LogP contribution in [0.1, 0.15) is 18.1 Å². The number of hydrogen-bond donors (Lipinski definition) is 2. The van der Waals surface area contributed by atoms with Gasteiger partial charge in [-0.25, -0.2) is 18.2 Å². The second-order valence-corrected chi connectivity index (χ2v) is 5.43. The lowest BCUT2D eigenvalue weighted by Crippen LogP contribution is -2.05. The molecular weight excluding hydrogens is 353 g/mol. The Morgan fingerprint density at radius 1 is 1.12 bits per heavy atom. The van der Waals surface area contributed by atoms with Gasteiger partial charge >= 0.3 is 6.55 Å². The molecule has 0 spiro atoms. The van der Waals surface area contributed by atoms with E-state index >= 15 is 0 Å². The average Bonchev–Trinajstić information content (AvgIpc) is 2.54. The highest BCUT2D eigenvalue weighted by Gasteiger charge is 2.11. The summed E-state index contributed by atoms with van der Waals surface area (Å²) >= 11 is 0. The topological polar surface area (TPSA) is 50.4 Å². The number of anilines is 1. The smallest absolute Gasteiger partial charge is 0.331 e. The normalized spacial score (nSPS) is 12.6. The van der Waals surface area contributed by atoms with Crippen LogP contribution in [0.2, 0.25) is 0 Å². The summed E-state index contributed by atoms with van der Waals surface area (Å²) in [6.07, 6.45) is 0.992. The van der Waals surface area contributed by atoms with Crippen LogP contribution in [0.3, 0.4) is 0 Å². The Balaban J connectivity index is 2.14. The van der Waals surface area contributed by atoms with Crippen LogP contribution >= 0.6 is 0 Å². The Labute approximate surface area is 147 Å². The number of rotatable bonds is 6. The number of aliphatic imine (C=N–C) groups is 1. The van der Waals surface area contributed by atoms with Gasteiger partial charge < -0.3 is 11.1 Å². The summed E-state index contributed by atoms with van der Waals surface area (Å²) in [5, 5.41) is 2.80. The van der Waals surface area contributed by atoms with Crippen LogP contribution in [0.25, 0.3) is 5.57 Å². The van der Waals surface area contributed by atoms with Gasteiger partial charge in [0.1, 0.15) is 17.5 Å². The molecule has 8 heteroatoms. The van der Waals surface area contributed by atoms with Gasteiger partial charge in [-0.1, -0.05) is 12.1 Å². The first-order valence-electron chi connectivity index (χ1n) is 7.53. The number of nitrogens with zero attached hydrogens (tertiary/aromatic N) is 1. The first-order valence-corrected chi connectivity index (χ1v) is 7.53. The third-order valence-corrected chi connectivity index (χ3v) is 3.51. The molecule has 0 atom stereocenters. The van der Waals surface area contributed by atoms with E-state index in [9.17, 15) is 22.0 Å². The Morgan fingerprint density at radius 3 is 2.19 bits per heavy atom. The van der Waals surface area contributed by atoms with Gasteiger partial charge in [-0.15, -0.1) is 0 Å². The Morgan fingerprint density at radius 2 is 1.69 bits per heavy atom. The van der Waals surface area contributed by atoms with Crippen molar-refractivity contribution in [2.24, 2.45) is 10.7 Å². The standard InChI is InChI=1S/C18H16F5N3/c1-10(24)14(8-26-18(22)23)11-2-4-13(5-3-11)25-9-15-16(20)6-12(19)7-17(15)21/h2-8,18,25H,9,24H2,1H3/b14-10+,26-8+. The zero-order valence-electron chi connectivity index (χ0n) is 13.7. The Kier molecular flexibility index (Phi) is 6.32. The number of nitrogens with one attached hydrogen (secondary N) is 1. The highest BCUT2D eigenvalue weighted by atomic mass is 19.3. The molecule has 26 heavy (non-hydrogen) atoms. The summed E-state index contributed by atoms with van der Waals surface area (Å²) in [7, 11) is 0. The fraction of sp³-hybridized carbons (Fsp3) is 0.167. The molecule has 0 saturated carbocycles. The monoisotopic (exact) mass is 369 g/mol. The molecule has 0 aliphatic rings. The fourth-order valence-corrected chi connectivity index (χ4v) is 2.23.